The van der Waals surface area contributed by atoms with E-state index >= 15 is 0 Å². The summed E-state index contributed by atoms with van der Waals surface area (Å²) in [5, 5.41) is 19.0. The van der Waals surface area contributed by atoms with E-state index < -0.39 is 0 Å². The van der Waals surface area contributed by atoms with Crippen molar-refractivity contribution in [1.82, 2.24) is 0 Å². The summed E-state index contributed by atoms with van der Waals surface area (Å²) in [5.41, 5.74) is 0. The van der Waals surface area contributed by atoms with Gasteiger partial charge in [-0.05, 0) is 12.8 Å². The summed E-state index contributed by atoms with van der Waals surface area (Å²) in [6, 6.07) is 1.69. The molecule has 1 aliphatic rings. The average Bonchev–Trinajstić information content (AvgIpc) is 2.38. The number of nitriles is 1. The van der Waals surface area contributed by atoms with Crippen LogP contribution in [0.25, 0.3) is 0 Å². The first-order valence-electron chi connectivity index (χ1n) is 3.23. The van der Waals surface area contributed by atoms with Crippen LogP contribution in [0.3, 0.4) is 0 Å². The largest absolute Gasteiger partial charge is 1.00 e. The second-order valence-corrected chi connectivity index (χ2v) is 2.18. The van der Waals surface area contributed by atoms with Crippen molar-refractivity contribution < 1.29 is 39.4 Å². The van der Waals surface area contributed by atoms with E-state index in [2.05, 4.69) is 0 Å². The van der Waals surface area contributed by atoms with Crippen molar-refractivity contribution in [2.75, 3.05) is 6.61 Å². The molecule has 0 N–H and O–H groups in total. The first kappa shape index (κ1) is 11.0. The molecule has 0 bridgehead atoms. The molecule has 0 aromatic rings. The smallest absolute Gasteiger partial charge is 0.873 e. The quantitative estimate of drug-likeness (QED) is 0.233. The number of hydrogen-bond acceptors (Lipinski definition) is 3. The van der Waals surface area contributed by atoms with Crippen LogP contribution >= 0.6 is 0 Å². The molecule has 54 valence electrons. The minimum absolute atomic E-state index is 0. The minimum Gasteiger partial charge on any atom is -0.873 e. The van der Waals surface area contributed by atoms with E-state index in [1.54, 1.807) is 6.07 Å². The van der Waals surface area contributed by atoms with Crippen molar-refractivity contribution in [1.29, 1.82) is 5.26 Å². The van der Waals surface area contributed by atoms with E-state index in [1.165, 1.54) is 0 Å². The van der Waals surface area contributed by atoms with Crippen LogP contribution in [-0.2, 0) is 4.74 Å². The van der Waals surface area contributed by atoms with Crippen molar-refractivity contribution in [3.05, 3.63) is 11.8 Å². The zero-order valence-electron chi connectivity index (χ0n) is 6.54. The SMILES string of the molecule is N#CC=C([O-])C1CCCO1.[Na+]. The molecule has 0 aliphatic carbocycles. The Morgan fingerprint density at radius 1 is 1.73 bits per heavy atom. The van der Waals surface area contributed by atoms with Crippen LogP contribution in [0.2, 0.25) is 0 Å². The van der Waals surface area contributed by atoms with Gasteiger partial charge in [0.15, 0.2) is 0 Å². The Kier molecular flexibility index (Phi) is 5.61. The first-order valence-corrected chi connectivity index (χ1v) is 3.23. The molecule has 1 rings (SSSR count). The van der Waals surface area contributed by atoms with Crippen molar-refractivity contribution in [2.24, 2.45) is 0 Å². The molecule has 1 atom stereocenters. The van der Waals surface area contributed by atoms with Gasteiger partial charge in [0.25, 0.3) is 0 Å². The maximum Gasteiger partial charge on any atom is 1.00 e. The van der Waals surface area contributed by atoms with Crippen molar-refractivity contribution in [3.8, 4) is 6.07 Å². The molecule has 0 aromatic carbocycles. The molecular weight excluding hydrogens is 153 g/mol. The molecule has 0 spiro atoms. The molecule has 1 saturated heterocycles. The Bertz CT molecular complexity index is 179. The average molecular weight is 161 g/mol. The van der Waals surface area contributed by atoms with Gasteiger partial charge in [0.1, 0.15) is 0 Å². The zero-order valence-corrected chi connectivity index (χ0v) is 8.54. The molecule has 1 heterocycles. The van der Waals surface area contributed by atoms with E-state index in [0.717, 1.165) is 18.9 Å². The second kappa shape index (κ2) is 5.62. The van der Waals surface area contributed by atoms with E-state index in [4.69, 9.17) is 10.00 Å². The van der Waals surface area contributed by atoms with Gasteiger partial charge in [-0.15, -0.1) is 0 Å². The van der Waals surface area contributed by atoms with Gasteiger partial charge < -0.3 is 9.84 Å². The number of rotatable bonds is 1. The van der Waals surface area contributed by atoms with Gasteiger partial charge in [-0.1, -0.05) is 5.76 Å². The van der Waals surface area contributed by atoms with Crippen LogP contribution < -0.4 is 34.7 Å². The van der Waals surface area contributed by atoms with Crippen molar-refractivity contribution in [3.63, 3.8) is 0 Å². The molecule has 1 aliphatic heterocycles. The van der Waals surface area contributed by atoms with Gasteiger partial charge in [-0.3, -0.25) is 0 Å². The molecule has 11 heavy (non-hydrogen) atoms. The fourth-order valence-electron chi connectivity index (χ4n) is 0.959. The Hall–Kier alpha value is -0.0100. The van der Waals surface area contributed by atoms with Crippen molar-refractivity contribution >= 4 is 0 Å². The number of allylic oxidation sites excluding steroid dienone is 1. The van der Waals surface area contributed by atoms with Crippen LogP contribution in [0.5, 0.6) is 0 Å². The van der Waals surface area contributed by atoms with E-state index in [0.29, 0.717) is 6.61 Å². The molecule has 4 heteroatoms. The van der Waals surface area contributed by atoms with Crippen LogP contribution in [-0.4, -0.2) is 12.7 Å². The normalized spacial score (nSPS) is 23.9. The summed E-state index contributed by atoms with van der Waals surface area (Å²) >= 11 is 0. The third kappa shape index (κ3) is 3.26. The van der Waals surface area contributed by atoms with E-state index in [-0.39, 0.29) is 41.4 Å². The fourth-order valence-corrected chi connectivity index (χ4v) is 0.959. The van der Waals surface area contributed by atoms with Crippen LogP contribution in [0.15, 0.2) is 11.8 Å². The predicted octanol–water partition coefficient (Wildman–Crippen LogP) is -3.06. The van der Waals surface area contributed by atoms with Gasteiger partial charge in [0, 0.05) is 12.7 Å². The maximum absolute atomic E-state index is 10.8. The van der Waals surface area contributed by atoms with E-state index in [1.807, 2.05) is 0 Å². The summed E-state index contributed by atoms with van der Waals surface area (Å²) in [7, 11) is 0. The predicted molar refractivity (Wildman–Crippen MR) is 32.7 cm³/mol. The Morgan fingerprint density at radius 3 is 2.91 bits per heavy atom. The summed E-state index contributed by atoms with van der Waals surface area (Å²) in [4.78, 5) is 0. The van der Waals surface area contributed by atoms with Gasteiger partial charge in [0.05, 0.1) is 12.2 Å². The molecule has 3 nitrogen and oxygen atoms in total. The third-order valence-electron chi connectivity index (χ3n) is 1.45. The summed E-state index contributed by atoms with van der Waals surface area (Å²) in [6.07, 6.45) is 2.36. The molecule has 1 unspecified atom stereocenters. The Balaban J connectivity index is 0.000001000. The monoisotopic (exact) mass is 161 g/mol. The standard InChI is InChI=1S/C7H9NO2.Na/c8-4-3-6(9)7-2-1-5-10-7;/h3,7,9H,1-2,5H2;/q;+1/p-1. The summed E-state index contributed by atoms with van der Waals surface area (Å²) < 4.78 is 5.04. The van der Waals surface area contributed by atoms with Gasteiger partial charge >= 0.3 is 29.6 Å². The molecule has 1 fully saturated rings. The van der Waals surface area contributed by atoms with Gasteiger partial charge in [0.2, 0.25) is 0 Å². The second-order valence-electron chi connectivity index (χ2n) is 2.18. The third-order valence-corrected chi connectivity index (χ3v) is 1.45. The topological polar surface area (TPSA) is 56.1 Å². The maximum atomic E-state index is 10.8. The van der Waals surface area contributed by atoms with Crippen LogP contribution in [0.1, 0.15) is 12.8 Å². The number of hydrogen-bond donors (Lipinski definition) is 0. The Morgan fingerprint density at radius 2 is 2.45 bits per heavy atom. The fraction of sp³-hybridized carbons (Fsp3) is 0.571. The molecule has 0 radical (unpaired) electrons. The first-order chi connectivity index (χ1) is 4.84. The summed E-state index contributed by atoms with van der Waals surface area (Å²) in [6.45, 7) is 0.648. The van der Waals surface area contributed by atoms with Gasteiger partial charge in [-0.25, -0.2) is 0 Å². The summed E-state index contributed by atoms with van der Waals surface area (Å²) in [5.74, 6) is -0.194. The van der Waals surface area contributed by atoms with E-state index in [9.17, 15) is 5.11 Å². The molecular formula is C7H8NNaO2. The van der Waals surface area contributed by atoms with Gasteiger partial charge in [-0.2, -0.15) is 5.26 Å². The number of ether oxygens (including phenoxy) is 1. The van der Waals surface area contributed by atoms with Crippen molar-refractivity contribution in [2.45, 2.75) is 18.9 Å². The number of nitrogens with zero attached hydrogens (tertiary/aromatic N) is 1. The van der Waals surface area contributed by atoms with Crippen LogP contribution in [0.4, 0.5) is 0 Å². The molecule has 0 amide bonds. The molecule has 0 aromatic heterocycles. The molecule has 0 saturated carbocycles. The minimum atomic E-state index is -0.334. The zero-order chi connectivity index (χ0) is 7.40. The van der Waals surface area contributed by atoms with Crippen LogP contribution in [0, 0.1) is 11.3 Å². The Labute approximate surface area is 87.9 Å².